The van der Waals surface area contributed by atoms with Crippen molar-refractivity contribution in [2.45, 2.75) is 13.8 Å². The zero-order valence-corrected chi connectivity index (χ0v) is 13.7. The van der Waals surface area contributed by atoms with Crippen molar-refractivity contribution in [2.24, 2.45) is 0 Å². The first kappa shape index (κ1) is 14.3. The molecule has 0 aliphatic rings. The molecular weight excluding hydrogens is 374 g/mol. The van der Waals surface area contributed by atoms with Crippen LogP contribution >= 0.6 is 31.9 Å². The summed E-state index contributed by atoms with van der Waals surface area (Å²) in [4.78, 5) is 8.45. The summed E-state index contributed by atoms with van der Waals surface area (Å²) in [5, 5.41) is 3.05. The number of halogens is 2. The van der Waals surface area contributed by atoms with Crippen molar-refractivity contribution in [3.8, 4) is 11.6 Å². The number of aromatic nitrogens is 2. The van der Waals surface area contributed by atoms with Gasteiger partial charge >= 0.3 is 0 Å². The molecule has 1 N–H and O–H groups in total. The number of hydrogen-bond acceptors (Lipinski definition) is 4. The van der Waals surface area contributed by atoms with Crippen molar-refractivity contribution in [1.29, 1.82) is 0 Å². The van der Waals surface area contributed by atoms with Gasteiger partial charge in [-0.15, -0.1) is 0 Å². The summed E-state index contributed by atoms with van der Waals surface area (Å²) in [6.07, 6.45) is 1.67. The van der Waals surface area contributed by atoms with Crippen molar-refractivity contribution in [3.63, 3.8) is 0 Å². The van der Waals surface area contributed by atoms with E-state index in [0.717, 1.165) is 26.8 Å². The topological polar surface area (TPSA) is 47.0 Å². The average Bonchev–Trinajstić information content (AvgIpc) is 2.38. The van der Waals surface area contributed by atoms with E-state index in [9.17, 15) is 0 Å². The first-order valence-electron chi connectivity index (χ1n) is 5.80. The molecule has 1 heterocycles. The van der Waals surface area contributed by atoms with E-state index in [1.54, 1.807) is 6.20 Å². The van der Waals surface area contributed by atoms with Crippen molar-refractivity contribution >= 4 is 37.8 Å². The lowest BCUT2D eigenvalue weighted by molar-refractivity contribution is 0.458. The van der Waals surface area contributed by atoms with E-state index in [2.05, 4.69) is 47.1 Å². The Morgan fingerprint density at radius 3 is 2.74 bits per heavy atom. The van der Waals surface area contributed by atoms with E-state index in [-0.39, 0.29) is 0 Å². The average molecular weight is 387 g/mol. The number of ether oxygens (including phenoxy) is 1. The van der Waals surface area contributed by atoms with Gasteiger partial charge < -0.3 is 10.1 Å². The van der Waals surface area contributed by atoms with Crippen LogP contribution < -0.4 is 10.1 Å². The highest BCUT2D eigenvalue weighted by Crippen LogP contribution is 2.30. The maximum Gasteiger partial charge on any atom is 0.238 e. The van der Waals surface area contributed by atoms with Crippen LogP contribution in [0.2, 0.25) is 0 Å². The Morgan fingerprint density at radius 1 is 1.26 bits per heavy atom. The highest BCUT2D eigenvalue weighted by molar-refractivity contribution is 9.10. The van der Waals surface area contributed by atoms with Crippen molar-refractivity contribution in [2.75, 3.05) is 11.9 Å². The fraction of sp³-hybridized carbons (Fsp3) is 0.231. The molecule has 19 heavy (non-hydrogen) atoms. The van der Waals surface area contributed by atoms with Crippen LogP contribution in [0.1, 0.15) is 12.5 Å². The lowest BCUT2D eigenvalue weighted by Gasteiger charge is -2.09. The van der Waals surface area contributed by atoms with Gasteiger partial charge in [0.05, 0.1) is 10.7 Å². The number of aryl methyl sites for hydroxylation is 1. The predicted octanol–water partition coefficient (Wildman–Crippen LogP) is 4.53. The summed E-state index contributed by atoms with van der Waals surface area (Å²) in [7, 11) is 0. The number of nitrogens with one attached hydrogen (secondary N) is 1. The molecule has 0 radical (unpaired) electrons. The van der Waals surface area contributed by atoms with Crippen LogP contribution in [0.15, 0.2) is 33.3 Å². The summed E-state index contributed by atoms with van der Waals surface area (Å²) >= 11 is 6.85. The monoisotopic (exact) mass is 385 g/mol. The maximum atomic E-state index is 5.77. The molecule has 0 amide bonds. The van der Waals surface area contributed by atoms with E-state index < -0.39 is 0 Å². The number of rotatable bonds is 4. The highest BCUT2D eigenvalue weighted by atomic mass is 79.9. The third kappa shape index (κ3) is 3.67. The summed E-state index contributed by atoms with van der Waals surface area (Å²) in [6.45, 7) is 4.76. The van der Waals surface area contributed by atoms with Gasteiger partial charge in [-0.25, -0.2) is 4.98 Å². The van der Waals surface area contributed by atoms with E-state index >= 15 is 0 Å². The van der Waals surface area contributed by atoms with E-state index in [1.165, 1.54) is 0 Å². The minimum atomic E-state index is 0.493. The molecule has 2 rings (SSSR count). The number of anilines is 1. The zero-order valence-electron chi connectivity index (χ0n) is 10.6. The van der Waals surface area contributed by atoms with Crippen LogP contribution in [0.4, 0.5) is 5.95 Å². The quantitative estimate of drug-likeness (QED) is 0.838. The first-order valence-corrected chi connectivity index (χ1v) is 7.39. The molecule has 0 atom stereocenters. The van der Waals surface area contributed by atoms with E-state index in [0.29, 0.717) is 11.8 Å². The lowest BCUT2D eigenvalue weighted by Crippen LogP contribution is -2.03. The number of hydrogen-bond donors (Lipinski definition) is 1. The fourth-order valence-electron chi connectivity index (χ4n) is 1.46. The van der Waals surface area contributed by atoms with Gasteiger partial charge in [-0.05, 0) is 53.5 Å². The van der Waals surface area contributed by atoms with E-state index in [1.807, 2.05) is 32.0 Å². The van der Waals surface area contributed by atoms with Gasteiger partial charge in [0.2, 0.25) is 11.8 Å². The van der Waals surface area contributed by atoms with Crippen LogP contribution in [0, 0.1) is 6.92 Å². The molecule has 4 nitrogen and oxygen atoms in total. The third-order valence-electron chi connectivity index (χ3n) is 2.39. The van der Waals surface area contributed by atoms with Gasteiger partial charge in [0.15, 0.2) is 0 Å². The molecule has 0 aliphatic heterocycles. The molecule has 0 bridgehead atoms. The predicted molar refractivity (Wildman–Crippen MR) is 82.8 cm³/mol. The molecule has 0 saturated carbocycles. The molecular formula is C13H13Br2N3O. The smallest absolute Gasteiger partial charge is 0.238 e. The van der Waals surface area contributed by atoms with Gasteiger partial charge in [-0.3, -0.25) is 0 Å². The van der Waals surface area contributed by atoms with Gasteiger partial charge in [-0.2, -0.15) is 4.98 Å². The van der Waals surface area contributed by atoms with Gasteiger partial charge in [0, 0.05) is 11.0 Å². The largest absolute Gasteiger partial charge is 0.438 e. The SMILES string of the molecule is CCNc1ncc(Br)c(Oc2ccc(Br)c(C)c2)n1. The second-order valence-electron chi connectivity index (χ2n) is 3.89. The Bertz CT molecular complexity index is 590. The first-order chi connectivity index (χ1) is 9.10. The second kappa shape index (κ2) is 6.34. The zero-order chi connectivity index (χ0) is 13.8. The second-order valence-corrected chi connectivity index (χ2v) is 5.60. The Kier molecular flexibility index (Phi) is 4.76. The Morgan fingerprint density at radius 2 is 2.05 bits per heavy atom. The fourth-order valence-corrected chi connectivity index (χ4v) is 1.98. The highest BCUT2D eigenvalue weighted by Gasteiger charge is 2.08. The minimum absolute atomic E-state index is 0.493. The molecule has 0 unspecified atom stereocenters. The molecule has 0 aliphatic carbocycles. The standard InChI is InChI=1S/C13H13Br2N3O/c1-3-16-13-17-7-11(15)12(18-13)19-9-4-5-10(14)8(2)6-9/h4-7H,3H2,1-2H3,(H,16,17,18). The minimum Gasteiger partial charge on any atom is -0.438 e. The normalized spacial score (nSPS) is 10.3. The Labute approximate surface area is 128 Å². The molecule has 1 aromatic heterocycles. The Balaban J connectivity index is 2.26. The van der Waals surface area contributed by atoms with Gasteiger partial charge in [0.25, 0.3) is 0 Å². The molecule has 0 spiro atoms. The summed E-state index contributed by atoms with van der Waals surface area (Å²) in [5.41, 5.74) is 1.11. The lowest BCUT2D eigenvalue weighted by atomic mass is 10.2. The molecule has 0 fully saturated rings. The molecule has 2 aromatic rings. The third-order valence-corrected chi connectivity index (χ3v) is 3.82. The van der Waals surface area contributed by atoms with Crippen molar-refractivity contribution in [1.82, 2.24) is 9.97 Å². The Hall–Kier alpha value is -1.14. The summed E-state index contributed by atoms with van der Waals surface area (Å²) in [6, 6.07) is 5.79. The van der Waals surface area contributed by atoms with Gasteiger partial charge in [-0.1, -0.05) is 15.9 Å². The maximum absolute atomic E-state index is 5.77. The van der Waals surface area contributed by atoms with E-state index in [4.69, 9.17) is 4.74 Å². The van der Waals surface area contributed by atoms with Crippen molar-refractivity contribution in [3.05, 3.63) is 38.9 Å². The van der Waals surface area contributed by atoms with Gasteiger partial charge in [0.1, 0.15) is 5.75 Å². The number of benzene rings is 1. The van der Waals surface area contributed by atoms with Crippen LogP contribution in [0.25, 0.3) is 0 Å². The molecule has 100 valence electrons. The van der Waals surface area contributed by atoms with Crippen LogP contribution in [0.3, 0.4) is 0 Å². The van der Waals surface area contributed by atoms with Crippen molar-refractivity contribution < 1.29 is 4.74 Å². The molecule has 1 aromatic carbocycles. The number of nitrogens with zero attached hydrogens (tertiary/aromatic N) is 2. The van der Waals surface area contributed by atoms with Crippen LogP contribution in [-0.2, 0) is 0 Å². The molecule has 6 heteroatoms. The van der Waals surface area contributed by atoms with Crippen LogP contribution in [0.5, 0.6) is 11.6 Å². The molecule has 0 saturated heterocycles. The summed E-state index contributed by atoms with van der Waals surface area (Å²) < 4.78 is 7.54. The van der Waals surface area contributed by atoms with Crippen LogP contribution in [-0.4, -0.2) is 16.5 Å². The summed E-state index contributed by atoms with van der Waals surface area (Å²) in [5.74, 6) is 1.78.